The van der Waals surface area contributed by atoms with Gasteiger partial charge in [-0.3, -0.25) is 4.79 Å². The van der Waals surface area contributed by atoms with Crippen molar-refractivity contribution in [3.63, 3.8) is 0 Å². The molecule has 0 saturated carbocycles. The van der Waals surface area contributed by atoms with Crippen molar-refractivity contribution in [2.24, 2.45) is 11.8 Å². The van der Waals surface area contributed by atoms with Crippen molar-refractivity contribution in [2.45, 2.75) is 46.3 Å². The molecule has 1 saturated heterocycles. The average molecular weight is 200 g/mol. The smallest absolute Gasteiger partial charge is 0.310 e. The van der Waals surface area contributed by atoms with E-state index in [2.05, 4.69) is 6.92 Å². The highest BCUT2D eigenvalue weighted by molar-refractivity contribution is 5.71. The highest BCUT2D eigenvalue weighted by Gasteiger charge is 2.24. The summed E-state index contributed by atoms with van der Waals surface area (Å²) in [6, 6.07) is 0. The molecule has 0 aromatic heterocycles. The van der Waals surface area contributed by atoms with Gasteiger partial charge in [-0.15, -0.1) is 0 Å². The Morgan fingerprint density at radius 1 is 1.64 bits per heavy atom. The van der Waals surface area contributed by atoms with Gasteiger partial charge in [0, 0.05) is 6.42 Å². The summed E-state index contributed by atoms with van der Waals surface area (Å²) in [5.41, 5.74) is 0. The fourth-order valence-electron chi connectivity index (χ4n) is 1.41. The molecule has 0 N–H and O–H groups in total. The van der Waals surface area contributed by atoms with Crippen LogP contribution in [0.3, 0.4) is 0 Å². The quantitative estimate of drug-likeness (QED) is 0.656. The minimum atomic E-state index is -0.305. The lowest BCUT2D eigenvalue weighted by Crippen LogP contribution is -2.30. The van der Waals surface area contributed by atoms with Crippen molar-refractivity contribution in [1.29, 1.82) is 0 Å². The first kappa shape index (κ1) is 11.5. The van der Waals surface area contributed by atoms with Crippen molar-refractivity contribution in [2.75, 3.05) is 6.61 Å². The SMILES string of the molecule is CCC(C)C(=O)OC1CC(C)CCO1. The summed E-state index contributed by atoms with van der Waals surface area (Å²) in [5, 5.41) is 0. The van der Waals surface area contributed by atoms with Crippen LogP contribution in [0.15, 0.2) is 0 Å². The zero-order chi connectivity index (χ0) is 10.6. The van der Waals surface area contributed by atoms with Gasteiger partial charge in [-0.1, -0.05) is 20.8 Å². The van der Waals surface area contributed by atoms with Gasteiger partial charge in [0.25, 0.3) is 0 Å². The molecule has 0 bridgehead atoms. The standard InChI is InChI=1S/C11H20O3/c1-4-9(3)11(12)14-10-7-8(2)5-6-13-10/h8-10H,4-7H2,1-3H3. The first-order valence-electron chi connectivity index (χ1n) is 5.45. The van der Waals surface area contributed by atoms with Crippen LogP contribution in [0.1, 0.15) is 40.0 Å². The maximum Gasteiger partial charge on any atom is 0.310 e. The Labute approximate surface area is 85.8 Å². The van der Waals surface area contributed by atoms with Gasteiger partial charge in [0.1, 0.15) is 0 Å². The average Bonchev–Trinajstić information content (AvgIpc) is 2.16. The molecule has 3 heteroatoms. The van der Waals surface area contributed by atoms with Gasteiger partial charge < -0.3 is 9.47 Å². The molecular weight excluding hydrogens is 180 g/mol. The number of hydrogen-bond donors (Lipinski definition) is 0. The molecule has 1 heterocycles. The Morgan fingerprint density at radius 2 is 2.36 bits per heavy atom. The van der Waals surface area contributed by atoms with Gasteiger partial charge in [0.2, 0.25) is 6.29 Å². The summed E-state index contributed by atoms with van der Waals surface area (Å²) < 4.78 is 10.6. The van der Waals surface area contributed by atoms with E-state index >= 15 is 0 Å². The molecule has 0 aromatic carbocycles. The predicted molar refractivity (Wildman–Crippen MR) is 53.7 cm³/mol. The minimum Gasteiger partial charge on any atom is -0.436 e. The summed E-state index contributed by atoms with van der Waals surface area (Å²) >= 11 is 0. The second kappa shape index (κ2) is 5.35. The van der Waals surface area contributed by atoms with Gasteiger partial charge in [0.15, 0.2) is 0 Å². The van der Waals surface area contributed by atoms with Crippen LogP contribution in [0, 0.1) is 11.8 Å². The second-order valence-corrected chi connectivity index (χ2v) is 4.18. The first-order valence-corrected chi connectivity index (χ1v) is 5.45. The lowest BCUT2D eigenvalue weighted by Gasteiger charge is -2.27. The van der Waals surface area contributed by atoms with E-state index in [0.29, 0.717) is 12.5 Å². The van der Waals surface area contributed by atoms with Crippen LogP contribution in [-0.2, 0) is 14.3 Å². The van der Waals surface area contributed by atoms with Crippen molar-refractivity contribution < 1.29 is 14.3 Å². The van der Waals surface area contributed by atoms with E-state index in [1.807, 2.05) is 13.8 Å². The first-order chi connectivity index (χ1) is 6.63. The highest BCUT2D eigenvalue weighted by Crippen LogP contribution is 2.21. The van der Waals surface area contributed by atoms with Crippen LogP contribution in [-0.4, -0.2) is 18.9 Å². The molecule has 82 valence electrons. The van der Waals surface area contributed by atoms with Gasteiger partial charge >= 0.3 is 5.97 Å². The number of hydrogen-bond acceptors (Lipinski definition) is 3. The molecule has 0 amide bonds. The van der Waals surface area contributed by atoms with Crippen molar-refractivity contribution in [1.82, 2.24) is 0 Å². The predicted octanol–water partition coefficient (Wildman–Crippen LogP) is 2.35. The van der Waals surface area contributed by atoms with E-state index in [0.717, 1.165) is 19.3 Å². The highest BCUT2D eigenvalue weighted by atomic mass is 16.7. The van der Waals surface area contributed by atoms with Crippen LogP contribution in [0.4, 0.5) is 0 Å². The summed E-state index contributed by atoms with van der Waals surface area (Å²) in [6.07, 6.45) is 2.42. The largest absolute Gasteiger partial charge is 0.436 e. The number of carbonyl (C=O) groups is 1. The van der Waals surface area contributed by atoms with Crippen LogP contribution in [0.2, 0.25) is 0 Å². The van der Waals surface area contributed by atoms with Crippen molar-refractivity contribution in [3.05, 3.63) is 0 Å². The molecular formula is C11H20O3. The topological polar surface area (TPSA) is 35.5 Å². The van der Waals surface area contributed by atoms with Crippen molar-refractivity contribution in [3.8, 4) is 0 Å². The Bertz CT molecular complexity index is 191. The third kappa shape index (κ3) is 3.29. The number of carbonyl (C=O) groups excluding carboxylic acids is 1. The molecule has 1 aliphatic rings. The Balaban J connectivity index is 2.32. The van der Waals surface area contributed by atoms with Crippen LogP contribution < -0.4 is 0 Å². The van der Waals surface area contributed by atoms with E-state index in [4.69, 9.17) is 9.47 Å². The number of rotatable bonds is 3. The zero-order valence-electron chi connectivity index (χ0n) is 9.29. The van der Waals surface area contributed by atoms with Gasteiger partial charge in [-0.25, -0.2) is 0 Å². The molecule has 1 rings (SSSR count). The minimum absolute atomic E-state index is 0.0177. The molecule has 0 spiro atoms. The molecule has 3 unspecified atom stereocenters. The Kier molecular flexibility index (Phi) is 4.39. The van der Waals surface area contributed by atoms with Crippen LogP contribution >= 0.6 is 0 Å². The monoisotopic (exact) mass is 200 g/mol. The van der Waals surface area contributed by atoms with Crippen LogP contribution in [0.25, 0.3) is 0 Å². The fraction of sp³-hybridized carbons (Fsp3) is 0.909. The van der Waals surface area contributed by atoms with Gasteiger partial charge in [0.05, 0.1) is 12.5 Å². The van der Waals surface area contributed by atoms with E-state index < -0.39 is 0 Å². The second-order valence-electron chi connectivity index (χ2n) is 4.18. The summed E-state index contributed by atoms with van der Waals surface area (Å²) in [5.74, 6) is 0.445. The zero-order valence-corrected chi connectivity index (χ0v) is 9.29. The fourth-order valence-corrected chi connectivity index (χ4v) is 1.41. The van der Waals surface area contributed by atoms with Crippen molar-refractivity contribution >= 4 is 5.97 Å². The van der Waals surface area contributed by atoms with Gasteiger partial charge in [-0.05, 0) is 18.8 Å². The summed E-state index contributed by atoms with van der Waals surface area (Å²) in [6.45, 7) is 6.73. The Morgan fingerprint density at radius 3 is 2.93 bits per heavy atom. The normalized spacial score (nSPS) is 29.6. The molecule has 1 fully saturated rings. The molecule has 3 atom stereocenters. The van der Waals surface area contributed by atoms with E-state index in [9.17, 15) is 4.79 Å². The lowest BCUT2D eigenvalue weighted by molar-refractivity contribution is -0.195. The summed E-state index contributed by atoms with van der Waals surface area (Å²) in [4.78, 5) is 11.4. The molecule has 1 aliphatic heterocycles. The number of esters is 1. The maximum absolute atomic E-state index is 11.4. The number of ether oxygens (including phenoxy) is 2. The Hall–Kier alpha value is -0.570. The third-order valence-corrected chi connectivity index (χ3v) is 2.77. The molecule has 3 nitrogen and oxygen atoms in total. The molecule has 0 aromatic rings. The van der Waals surface area contributed by atoms with E-state index in [1.54, 1.807) is 0 Å². The third-order valence-electron chi connectivity index (χ3n) is 2.77. The maximum atomic E-state index is 11.4. The summed E-state index contributed by atoms with van der Waals surface area (Å²) in [7, 11) is 0. The van der Waals surface area contributed by atoms with Crippen LogP contribution in [0.5, 0.6) is 0 Å². The molecule has 0 radical (unpaired) electrons. The lowest BCUT2D eigenvalue weighted by atomic mass is 10.0. The van der Waals surface area contributed by atoms with Gasteiger partial charge in [-0.2, -0.15) is 0 Å². The molecule has 0 aliphatic carbocycles. The molecule has 14 heavy (non-hydrogen) atoms. The van der Waals surface area contributed by atoms with E-state index in [1.165, 1.54) is 0 Å². The van der Waals surface area contributed by atoms with E-state index in [-0.39, 0.29) is 18.2 Å².